The van der Waals surface area contributed by atoms with Gasteiger partial charge in [-0.15, -0.1) is 13.2 Å². The Morgan fingerprint density at radius 1 is 0.667 bits per heavy atom. The van der Waals surface area contributed by atoms with Gasteiger partial charge >= 0.3 is 41.4 Å². The molecule has 0 heterocycles. The summed E-state index contributed by atoms with van der Waals surface area (Å²) in [7, 11) is 0. The fourth-order valence-electron chi connectivity index (χ4n) is 0.926. The predicted molar refractivity (Wildman–Crippen MR) is 48.5 cm³/mol. The molecule has 2 unspecified atom stereocenters. The van der Waals surface area contributed by atoms with Gasteiger partial charge in [0.05, 0.1) is 0 Å². The van der Waals surface area contributed by atoms with Crippen LogP contribution >= 0.6 is 23.2 Å². The fourth-order valence-corrected chi connectivity index (χ4v) is 1.18. The third-order valence-electron chi connectivity index (χ3n) is 1.91. The lowest BCUT2D eigenvalue weighted by Gasteiger charge is -2.39. The normalized spacial score (nSPS) is 20.0. The molecule has 0 saturated carbocycles. The summed E-state index contributed by atoms with van der Waals surface area (Å²) in [6, 6.07) is 0. The van der Waals surface area contributed by atoms with E-state index in [1.165, 1.54) is 0 Å². The summed E-state index contributed by atoms with van der Waals surface area (Å²) in [5.41, 5.74) is 0. The maximum atomic E-state index is 13.4. The first-order valence-electron chi connectivity index (χ1n) is 4.75. The first-order valence-corrected chi connectivity index (χ1v) is 5.50. The molecule has 24 heavy (non-hydrogen) atoms. The molecule has 2 nitrogen and oxygen atoms in total. The molecule has 0 aliphatic rings. The third kappa shape index (κ3) is 4.60. The molecule has 0 spiro atoms. The highest BCUT2D eigenvalue weighted by atomic mass is 35.5. The van der Waals surface area contributed by atoms with Crippen molar-refractivity contribution in [3.8, 4) is 0 Å². The van der Waals surface area contributed by atoms with Gasteiger partial charge in [0.25, 0.3) is 0 Å². The summed E-state index contributed by atoms with van der Waals surface area (Å²) < 4.78 is 166. The van der Waals surface area contributed by atoms with Gasteiger partial charge in [0.15, 0.2) is 0 Å². The topological polar surface area (TPSA) is 18.5 Å². The van der Waals surface area contributed by atoms with Gasteiger partial charge in [-0.05, 0) is 23.2 Å². The van der Waals surface area contributed by atoms with Crippen molar-refractivity contribution in [2.75, 3.05) is 0 Å². The number of halogens is 15. The van der Waals surface area contributed by atoms with Gasteiger partial charge in [-0.2, -0.15) is 35.1 Å². The standard InChI is InChI=1S/C7HCl2F13O2/c8-2(12,1(10)11)23-6(18,19)3(13,14)4(15,5(9,16)17)24-7(20,21)22/h1H. The maximum absolute atomic E-state index is 13.4. The van der Waals surface area contributed by atoms with Crippen molar-refractivity contribution in [1.82, 2.24) is 0 Å². The van der Waals surface area contributed by atoms with E-state index in [-0.39, 0.29) is 0 Å². The Hall–Kier alpha value is -0.410. The molecular weight excluding hydrogens is 434 g/mol. The largest absolute Gasteiger partial charge is 0.525 e. The summed E-state index contributed by atoms with van der Waals surface area (Å²) >= 11 is 7.49. The van der Waals surface area contributed by atoms with Gasteiger partial charge in [0.2, 0.25) is 0 Å². The van der Waals surface area contributed by atoms with Crippen LogP contribution in [0.2, 0.25) is 0 Å². The SMILES string of the molecule is FC(F)C(F)(Cl)OC(F)(F)C(F)(F)C(F)(OC(F)(F)F)C(F)(F)Cl. The average molecular weight is 435 g/mol. The van der Waals surface area contributed by atoms with Crippen LogP contribution in [0.3, 0.4) is 0 Å². The fraction of sp³-hybridized carbons (Fsp3) is 1.00. The summed E-state index contributed by atoms with van der Waals surface area (Å²) in [4.78, 5) is 0. The van der Waals surface area contributed by atoms with Gasteiger partial charge in [-0.3, -0.25) is 4.74 Å². The zero-order chi connectivity index (χ0) is 20.0. The van der Waals surface area contributed by atoms with Crippen LogP contribution in [0.1, 0.15) is 0 Å². The Morgan fingerprint density at radius 2 is 1.04 bits per heavy atom. The second-order valence-electron chi connectivity index (χ2n) is 3.70. The summed E-state index contributed by atoms with van der Waals surface area (Å²) in [5.74, 6) is -14.6. The lowest BCUT2D eigenvalue weighted by Crippen LogP contribution is -2.67. The molecule has 0 saturated heterocycles. The van der Waals surface area contributed by atoms with Crippen molar-refractivity contribution in [2.45, 2.75) is 41.4 Å². The Morgan fingerprint density at radius 3 is 1.29 bits per heavy atom. The molecule has 0 aliphatic heterocycles. The second kappa shape index (κ2) is 6.39. The summed E-state index contributed by atoms with van der Waals surface area (Å²) in [5, 5.41) is -12.1. The van der Waals surface area contributed by atoms with Crippen molar-refractivity contribution in [2.24, 2.45) is 0 Å². The molecule has 0 aliphatic carbocycles. The van der Waals surface area contributed by atoms with E-state index in [4.69, 9.17) is 0 Å². The van der Waals surface area contributed by atoms with Crippen molar-refractivity contribution in [3.05, 3.63) is 0 Å². The Bertz CT molecular complexity index is 445. The molecule has 0 aromatic heterocycles. The van der Waals surface area contributed by atoms with Gasteiger partial charge in [-0.25, -0.2) is 13.5 Å². The number of ether oxygens (including phenoxy) is 2. The first kappa shape index (κ1) is 23.6. The average Bonchev–Trinajstić information content (AvgIpc) is 2.22. The lowest BCUT2D eigenvalue weighted by molar-refractivity contribution is -0.507. The van der Waals surface area contributed by atoms with Gasteiger partial charge < -0.3 is 0 Å². The van der Waals surface area contributed by atoms with Gasteiger partial charge in [-0.1, -0.05) is 0 Å². The van der Waals surface area contributed by atoms with Crippen LogP contribution in [-0.2, 0) is 9.47 Å². The molecule has 0 N–H and O–H groups in total. The predicted octanol–water partition coefficient (Wildman–Crippen LogP) is 5.39. The molecule has 0 rings (SSSR count). The van der Waals surface area contributed by atoms with Crippen molar-refractivity contribution >= 4 is 23.2 Å². The molecule has 0 fully saturated rings. The van der Waals surface area contributed by atoms with Crippen LogP contribution in [0, 0.1) is 0 Å². The zero-order valence-corrected chi connectivity index (χ0v) is 11.6. The molecule has 0 aromatic carbocycles. The minimum Gasteiger partial charge on any atom is -0.260 e. The number of alkyl halides is 15. The highest BCUT2D eigenvalue weighted by Gasteiger charge is 2.84. The van der Waals surface area contributed by atoms with Crippen LogP contribution in [-0.4, -0.2) is 41.4 Å². The second-order valence-corrected chi connectivity index (χ2v) is 4.69. The molecule has 0 radical (unpaired) electrons. The Kier molecular flexibility index (Phi) is 6.28. The van der Waals surface area contributed by atoms with Crippen LogP contribution in [0.15, 0.2) is 0 Å². The quantitative estimate of drug-likeness (QED) is 0.395. The monoisotopic (exact) mass is 434 g/mol. The molecule has 0 amide bonds. The van der Waals surface area contributed by atoms with E-state index >= 15 is 0 Å². The van der Waals surface area contributed by atoms with E-state index in [2.05, 4.69) is 23.2 Å². The van der Waals surface area contributed by atoms with Gasteiger partial charge in [0.1, 0.15) is 0 Å². The number of hydrogen-bond acceptors (Lipinski definition) is 2. The van der Waals surface area contributed by atoms with E-state index < -0.39 is 41.4 Å². The van der Waals surface area contributed by atoms with Crippen LogP contribution < -0.4 is 0 Å². The zero-order valence-electron chi connectivity index (χ0n) is 10.1. The highest BCUT2D eigenvalue weighted by molar-refractivity contribution is 6.22. The molecular formula is C7HCl2F13O2. The minimum absolute atomic E-state index is 1.60. The molecule has 146 valence electrons. The Balaban J connectivity index is 6.10. The van der Waals surface area contributed by atoms with E-state index in [1.54, 1.807) is 4.74 Å². The van der Waals surface area contributed by atoms with Crippen molar-refractivity contribution in [1.29, 1.82) is 0 Å². The smallest absolute Gasteiger partial charge is 0.260 e. The van der Waals surface area contributed by atoms with E-state index in [1.807, 2.05) is 4.74 Å². The van der Waals surface area contributed by atoms with Crippen LogP contribution in [0.5, 0.6) is 0 Å². The molecule has 17 heteroatoms. The van der Waals surface area contributed by atoms with Crippen LogP contribution in [0.25, 0.3) is 0 Å². The lowest BCUT2D eigenvalue weighted by atomic mass is 10.1. The van der Waals surface area contributed by atoms with E-state index in [0.717, 1.165) is 0 Å². The first-order chi connectivity index (χ1) is 10.1. The maximum Gasteiger partial charge on any atom is 0.525 e. The third-order valence-corrected chi connectivity index (χ3v) is 2.39. The highest BCUT2D eigenvalue weighted by Crippen LogP contribution is 2.57. The molecule has 0 bridgehead atoms. The van der Waals surface area contributed by atoms with E-state index in [0.29, 0.717) is 0 Å². The number of hydrogen-bond donors (Lipinski definition) is 0. The van der Waals surface area contributed by atoms with Crippen molar-refractivity contribution in [3.63, 3.8) is 0 Å². The number of rotatable bonds is 7. The molecule has 2 atom stereocenters. The van der Waals surface area contributed by atoms with E-state index in [9.17, 15) is 57.1 Å². The van der Waals surface area contributed by atoms with Gasteiger partial charge in [0, 0.05) is 0 Å². The van der Waals surface area contributed by atoms with Crippen molar-refractivity contribution < 1.29 is 66.5 Å². The minimum atomic E-state index is -7.47. The summed E-state index contributed by atoms with van der Waals surface area (Å²) in [6.07, 6.45) is -18.7. The summed E-state index contributed by atoms with van der Waals surface area (Å²) in [6.45, 7) is 0. The van der Waals surface area contributed by atoms with Crippen LogP contribution in [0.4, 0.5) is 57.1 Å². The molecule has 0 aromatic rings. The Labute approximate surface area is 132 Å².